The fraction of sp³-hybridized carbons (Fsp3) is 0.278. The summed E-state index contributed by atoms with van der Waals surface area (Å²) in [5.74, 6) is -0.0805. The first kappa shape index (κ1) is 15.3. The van der Waals surface area contributed by atoms with Gasteiger partial charge < -0.3 is 10.6 Å². The van der Waals surface area contributed by atoms with Crippen LogP contribution < -0.4 is 10.6 Å². The normalized spacial score (nSPS) is 10.7. The van der Waals surface area contributed by atoms with E-state index in [0.717, 1.165) is 17.8 Å². The van der Waals surface area contributed by atoms with Crippen molar-refractivity contribution >= 4 is 11.6 Å². The Bertz CT molecular complexity index is 586. The summed E-state index contributed by atoms with van der Waals surface area (Å²) in [4.78, 5) is 12.1. The van der Waals surface area contributed by atoms with Crippen molar-refractivity contribution in [2.24, 2.45) is 0 Å². The van der Waals surface area contributed by atoms with Crippen LogP contribution in [0.15, 0.2) is 48.5 Å². The molecule has 0 bridgehead atoms. The Morgan fingerprint density at radius 2 is 1.62 bits per heavy atom. The minimum Gasteiger partial charge on any atom is -0.322 e. The minimum atomic E-state index is -0.0805. The Morgan fingerprint density at radius 1 is 1.00 bits per heavy atom. The molecular formula is C18H22N2O. The van der Waals surface area contributed by atoms with Gasteiger partial charge in [-0.25, -0.2) is 0 Å². The average molecular weight is 282 g/mol. The summed E-state index contributed by atoms with van der Waals surface area (Å²) in [6.07, 6.45) is 0. The first-order valence-electron chi connectivity index (χ1n) is 7.25. The molecule has 3 heteroatoms. The van der Waals surface area contributed by atoms with Crippen molar-refractivity contribution < 1.29 is 4.79 Å². The first-order valence-corrected chi connectivity index (χ1v) is 7.25. The number of aryl methyl sites for hydroxylation is 1. The monoisotopic (exact) mass is 282 g/mol. The number of nitrogens with one attached hydrogen (secondary N) is 2. The van der Waals surface area contributed by atoms with E-state index in [1.54, 1.807) is 0 Å². The van der Waals surface area contributed by atoms with E-state index in [2.05, 4.69) is 24.5 Å². The van der Waals surface area contributed by atoms with Gasteiger partial charge in [-0.15, -0.1) is 0 Å². The van der Waals surface area contributed by atoms with E-state index in [1.807, 2.05) is 55.5 Å². The van der Waals surface area contributed by atoms with Crippen molar-refractivity contribution in [1.29, 1.82) is 0 Å². The molecule has 1 amide bonds. The maximum atomic E-state index is 12.1. The maximum Gasteiger partial charge on any atom is 0.255 e. The van der Waals surface area contributed by atoms with Crippen LogP contribution in [0.25, 0.3) is 0 Å². The van der Waals surface area contributed by atoms with Gasteiger partial charge in [0, 0.05) is 23.8 Å². The summed E-state index contributed by atoms with van der Waals surface area (Å²) in [6, 6.07) is 15.9. The van der Waals surface area contributed by atoms with Gasteiger partial charge in [-0.3, -0.25) is 4.79 Å². The number of benzene rings is 2. The topological polar surface area (TPSA) is 41.1 Å². The summed E-state index contributed by atoms with van der Waals surface area (Å²) in [5, 5.41) is 6.28. The lowest BCUT2D eigenvalue weighted by Crippen LogP contribution is -2.21. The van der Waals surface area contributed by atoms with Crippen LogP contribution in [0.5, 0.6) is 0 Å². The second-order valence-electron chi connectivity index (χ2n) is 5.55. The summed E-state index contributed by atoms with van der Waals surface area (Å²) in [6.45, 7) is 7.09. The first-order chi connectivity index (χ1) is 10.0. The Morgan fingerprint density at radius 3 is 2.19 bits per heavy atom. The molecule has 0 aliphatic heterocycles. The van der Waals surface area contributed by atoms with Gasteiger partial charge in [0.25, 0.3) is 5.91 Å². The van der Waals surface area contributed by atoms with Crippen molar-refractivity contribution in [2.75, 3.05) is 5.32 Å². The Hall–Kier alpha value is -2.13. The maximum absolute atomic E-state index is 12.1. The molecule has 2 rings (SSSR count). The van der Waals surface area contributed by atoms with E-state index in [1.165, 1.54) is 5.56 Å². The second-order valence-corrected chi connectivity index (χ2v) is 5.55. The summed E-state index contributed by atoms with van der Waals surface area (Å²) in [7, 11) is 0. The van der Waals surface area contributed by atoms with E-state index < -0.39 is 0 Å². The number of amides is 1. The van der Waals surface area contributed by atoms with E-state index >= 15 is 0 Å². The third-order valence-corrected chi connectivity index (χ3v) is 3.24. The number of rotatable bonds is 5. The zero-order chi connectivity index (χ0) is 15.2. The number of anilines is 1. The van der Waals surface area contributed by atoms with Gasteiger partial charge in [-0.1, -0.05) is 43.7 Å². The highest BCUT2D eigenvalue weighted by Gasteiger charge is 2.05. The van der Waals surface area contributed by atoms with Gasteiger partial charge in [0.2, 0.25) is 0 Å². The van der Waals surface area contributed by atoms with E-state index in [-0.39, 0.29) is 5.91 Å². The van der Waals surface area contributed by atoms with Crippen LogP contribution in [0.3, 0.4) is 0 Å². The molecule has 0 aromatic heterocycles. The van der Waals surface area contributed by atoms with Crippen molar-refractivity contribution in [3.05, 3.63) is 65.2 Å². The third kappa shape index (κ3) is 4.72. The predicted octanol–water partition coefficient (Wildman–Crippen LogP) is 3.75. The van der Waals surface area contributed by atoms with Crippen LogP contribution in [0, 0.1) is 6.92 Å². The van der Waals surface area contributed by atoms with Crippen molar-refractivity contribution in [2.45, 2.75) is 33.4 Å². The largest absolute Gasteiger partial charge is 0.322 e. The molecule has 0 atom stereocenters. The quantitative estimate of drug-likeness (QED) is 0.877. The molecule has 0 saturated carbocycles. The van der Waals surface area contributed by atoms with Crippen molar-refractivity contribution in [1.82, 2.24) is 5.32 Å². The van der Waals surface area contributed by atoms with Crippen molar-refractivity contribution in [3.8, 4) is 0 Å². The molecule has 21 heavy (non-hydrogen) atoms. The van der Waals surface area contributed by atoms with Crippen LogP contribution in [0.2, 0.25) is 0 Å². The zero-order valence-corrected chi connectivity index (χ0v) is 12.8. The summed E-state index contributed by atoms with van der Waals surface area (Å²) >= 11 is 0. The van der Waals surface area contributed by atoms with E-state index in [9.17, 15) is 4.79 Å². The molecule has 0 radical (unpaired) electrons. The lowest BCUT2D eigenvalue weighted by atomic mass is 10.1. The molecule has 0 fully saturated rings. The molecule has 2 aromatic carbocycles. The third-order valence-electron chi connectivity index (χ3n) is 3.24. The second kappa shape index (κ2) is 7.04. The van der Waals surface area contributed by atoms with Gasteiger partial charge in [0.15, 0.2) is 0 Å². The number of hydrogen-bond donors (Lipinski definition) is 2. The van der Waals surface area contributed by atoms with Crippen LogP contribution in [0.1, 0.15) is 35.3 Å². The van der Waals surface area contributed by atoms with Crippen LogP contribution in [-0.4, -0.2) is 11.9 Å². The van der Waals surface area contributed by atoms with Crippen molar-refractivity contribution in [3.63, 3.8) is 0 Å². The van der Waals surface area contributed by atoms with Crippen LogP contribution in [-0.2, 0) is 6.54 Å². The molecule has 0 spiro atoms. The smallest absolute Gasteiger partial charge is 0.255 e. The highest BCUT2D eigenvalue weighted by atomic mass is 16.1. The molecule has 0 aliphatic carbocycles. The molecule has 110 valence electrons. The zero-order valence-electron chi connectivity index (χ0n) is 12.8. The highest BCUT2D eigenvalue weighted by Crippen LogP contribution is 2.12. The Balaban J connectivity index is 1.96. The molecule has 2 N–H and O–H groups in total. The standard InChI is InChI=1S/C18H22N2O/c1-13(2)19-12-15-6-10-17(11-7-15)20-18(21)16-8-4-14(3)5-9-16/h4-11,13,19H,12H2,1-3H3,(H,20,21). The van der Waals surface area contributed by atoms with E-state index in [0.29, 0.717) is 11.6 Å². The highest BCUT2D eigenvalue weighted by molar-refractivity contribution is 6.04. The molecule has 0 unspecified atom stereocenters. The minimum absolute atomic E-state index is 0.0805. The Labute approximate surface area is 126 Å². The average Bonchev–Trinajstić information content (AvgIpc) is 2.47. The Kier molecular flexibility index (Phi) is 5.12. The lowest BCUT2D eigenvalue weighted by Gasteiger charge is -2.09. The van der Waals surface area contributed by atoms with Gasteiger partial charge in [-0.05, 0) is 36.8 Å². The van der Waals surface area contributed by atoms with Gasteiger partial charge in [0.05, 0.1) is 0 Å². The predicted molar refractivity (Wildman–Crippen MR) is 87.5 cm³/mol. The number of hydrogen-bond acceptors (Lipinski definition) is 2. The number of carbonyl (C=O) groups excluding carboxylic acids is 1. The van der Waals surface area contributed by atoms with Crippen LogP contribution in [0.4, 0.5) is 5.69 Å². The summed E-state index contributed by atoms with van der Waals surface area (Å²) < 4.78 is 0. The molecular weight excluding hydrogens is 260 g/mol. The number of carbonyl (C=O) groups is 1. The lowest BCUT2D eigenvalue weighted by molar-refractivity contribution is 0.102. The fourth-order valence-electron chi connectivity index (χ4n) is 1.94. The van der Waals surface area contributed by atoms with Gasteiger partial charge in [-0.2, -0.15) is 0 Å². The van der Waals surface area contributed by atoms with Crippen LogP contribution >= 0.6 is 0 Å². The summed E-state index contributed by atoms with van der Waals surface area (Å²) in [5.41, 5.74) is 3.84. The van der Waals surface area contributed by atoms with E-state index in [4.69, 9.17) is 0 Å². The molecule has 3 nitrogen and oxygen atoms in total. The fourth-order valence-corrected chi connectivity index (χ4v) is 1.94. The SMILES string of the molecule is Cc1ccc(C(=O)Nc2ccc(CNC(C)C)cc2)cc1. The molecule has 0 aliphatic rings. The molecule has 2 aromatic rings. The molecule has 0 saturated heterocycles. The van der Waals surface area contributed by atoms with Gasteiger partial charge in [0.1, 0.15) is 0 Å². The van der Waals surface area contributed by atoms with Gasteiger partial charge >= 0.3 is 0 Å². The molecule has 0 heterocycles.